The third-order valence-electron chi connectivity index (χ3n) is 1.76. The molecule has 0 aliphatic heterocycles. The Morgan fingerprint density at radius 3 is 2.83 bits per heavy atom. The topological polar surface area (TPSA) is 35.0 Å². The van der Waals surface area contributed by atoms with Crippen LogP contribution >= 0.6 is 11.6 Å². The molecule has 0 unspecified atom stereocenters. The zero-order valence-electron chi connectivity index (χ0n) is 6.53. The van der Waals surface area contributed by atoms with Crippen molar-refractivity contribution in [3.05, 3.63) is 17.5 Å². The molecule has 12 heavy (non-hydrogen) atoms. The predicted octanol–water partition coefficient (Wildman–Crippen LogP) is 1.92. The molecule has 1 aromatic heterocycles. The van der Waals surface area contributed by atoms with Crippen LogP contribution in [0.4, 0.5) is 0 Å². The van der Waals surface area contributed by atoms with E-state index in [9.17, 15) is 0 Å². The van der Waals surface area contributed by atoms with Gasteiger partial charge in [-0.15, -0.1) is 0 Å². The second-order valence-electron chi connectivity index (χ2n) is 2.93. The largest absolute Gasteiger partial charge is 0.476 e. The van der Waals surface area contributed by atoms with E-state index in [0.717, 1.165) is 12.5 Å². The Balaban J connectivity index is 1.89. The van der Waals surface area contributed by atoms with Crippen molar-refractivity contribution >= 4 is 11.6 Å². The van der Waals surface area contributed by atoms with Crippen LogP contribution in [-0.2, 0) is 0 Å². The van der Waals surface area contributed by atoms with E-state index in [-0.39, 0.29) is 0 Å². The molecule has 0 N–H and O–H groups in total. The summed E-state index contributed by atoms with van der Waals surface area (Å²) in [6.07, 6.45) is 5.59. The van der Waals surface area contributed by atoms with Gasteiger partial charge in [0.1, 0.15) is 5.15 Å². The first-order valence-corrected chi connectivity index (χ1v) is 4.33. The number of rotatable bonds is 3. The minimum Gasteiger partial charge on any atom is -0.476 e. The number of aromatic nitrogens is 2. The lowest BCUT2D eigenvalue weighted by molar-refractivity contribution is 0.287. The molecule has 4 heteroatoms. The highest BCUT2D eigenvalue weighted by Gasteiger charge is 2.22. The summed E-state index contributed by atoms with van der Waals surface area (Å²) in [5, 5.41) is 0.397. The van der Waals surface area contributed by atoms with Crippen LogP contribution in [0.25, 0.3) is 0 Å². The summed E-state index contributed by atoms with van der Waals surface area (Å²) in [6.45, 7) is 0.760. The van der Waals surface area contributed by atoms with Crippen molar-refractivity contribution in [2.24, 2.45) is 5.92 Å². The third kappa shape index (κ3) is 2.08. The molecule has 64 valence electrons. The van der Waals surface area contributed by atoms with Crippen LogP contribution in [0.2, 0.25) is 5.15 Å². The number of ether oxygens (including phenoxy) is 1. The monoisotopic (exact) mass is 184 g/mol. The number of nitrogens with zero attached hydrogens (tertiary/aromatic N) is 2. The summed E-state index contributed by atoms with van der Waals surface area (Å²) >= 11 is 5.56. The normalized spacial score (nSPS) is 16.1. The quantitative estimate of drug-likeness (QED) is 0.720. The number of halogens is 1. The molecule has 1 aliphatic carbocycles. The minimum atomic E-state index is 0.397. The van der Waals surface area contributed by atoms with Crippen LogP contribution < -0.4 is 4.74 Å². The zero-order chi connectivity index (χ0) is 8.39. The van der Waals surface area contributed by atoms with Gasteiger partial charge < -0.3 is 4.74 Å². The number of hydrogen-bond acceptors (Lipinski definition) is 3. The third-order valence-corrected chi connectivity index (χ3v) is 1.96. The van der Waals surface area contributed by atoms with E-state index in [2.05, 4.69) is 9.97 Å². The van der Waals surface area contributed by atoms with E-state index in [4.69, 9.17) is 16.3 Å². The summed E-state index contributed by atoms with van der Waals surface area (Å²) < 4.78 is 5.35. The number of hydrogen-bond donors (Lipinski definition) is 0. The van der Waals surface area contributed by atoms with Gasteiger partial charge in [-0.3, -0.25) is 0 Å². The maximum Gasteiger partial charge on any atom is 0.232 e. The van der Waals surface area contributed by atoms with Crippen LogP contribution in [0, 0.1) is 5.92 Å². The zero-order valence-corrected chi connectivity index (χ0v) is 7.29. The first kappa shape index (κ1) is 7.80. The van der Waals surface area contributed by atoms with Crippen molar-refractivity contribution < 1.29 is 4.74 Å². The molecule has 0 bridgehead atoms. The maximum atomic E-state index is 5.56. The van der Waals surface area contributed by atoms with Crippen LogP contribution in [-0.4, -0.2) is 16.6 Å². The Morgan fingerprint density at radius 1 is 1.42 bits per heavy atom. The fourth-order valence-electron chi connectivity index (χ4n) is 0.863. The summed E-state index contributed by atoms with van der Waals surface area (Å²) in [4.78, 5) is 7.82. The molecular formula is C8H9ClN2O. The van der Waals surface area contributed by atoms with Gasteiger partial charge in [-0.2, -0.15) is 0 Å². The predicted molar refractivity (Wildman–Crippen MR) is 45.3 cm³/mol. The molecule has 3 nitrogen and oxygen atoms in total. The van der Waals surface area contributed by atoms with E-state index in [0.29, 0.717) is 11.0 Å². The second kappa shape index (κ2) is 3.27. The summed E-state index contributed by atoms with van der Waals surface area (Å²) in [5.41, 5.74) is 0. The van der Waals surface area contributed by atoms with Gasteiger partial charge in [-0.25, -0.2) is 9.97 Å². The Hall–Kier alpha value is -0.830. The van der Waals surface area contributed by atoms with Crippen molar-refractivity contribution in [2.45, 2.75) is 12.8 Å². The van der Waals surface area contributed by atoms with Gasteiger partial charge in [0.15, 0.2) is 0 Å². The first-order valence-electron chi connectivity index (χ1n) is 3.95. The highest BCUT2D eigenvalue weighted by Crippen LogP contribution is 2.29. The molecule has 2 rings (SSSR count). The average molecular weight is 185 g/mol. The smallest absolute Gasteiger partial charge is 0.232 e. The highest BCUT2D eigenvalue weighted by atomic mass is 35.5. The molecule has 0 radical (unpaired) electrons. The molecule has 1 aromatic rings. The lowest BCUT2D eigenvalue weighted by atomic mass is 10.5. The summed E-state index contributed by atoms with van der Waals surface area (Å²) in [7, 11) is 0. The van der Waals surface area contributed by atoms with Gasteiger partial charge in [-0.1, -0.05) is 11.6 Å². The second-order valence-corrected chi connectivity index (χ2v) is 3.32. The Labute approximate surface area is 75.7 Å². The average Bonchev–Trinajstić information content (AvgIpc) is 2.87. The van der Waals surface area contributed by atoms with Crippen LogP contribution in [0.5, 0.6) is 5.88 Å². The van der Waals surface area contributed by atoms with Gasteiger partial charge in [0.25, 0.3) is 0 Å². The summed E-state index contributed by atoms with van der Waals surface area (Å²) in [5.74, 6) is 1.30. The van der Waals surface area contributed by atoms with Crippen LogP contribution in [0.3, 0.4) is 0 Å². The lowest BCUT2D eigenvalue weighted by Crippen LogP contribution is -2.00. The maximum absolute atomic E-state index is 5.56. The van der Waals surface area contributed by atoms with Crippen molar-refractivity contribution in [3.8, 4) is 5.88 Å². The Bertz CT molecular complexity index is 258. The van der Waals surface area contributed by atoms with Crippen molar-refractivity contribution in [1.29, 1.82) is 0 Å². The van der Waals surface area contributed by atoms with Gasteiger partial charge in [0.2, 0.25) is 5.88 Å². The molecule has 0 spiro atoms. The Morgan fingerprint density at radius 2 is 2.25 bits per heavy atom. The molecule has 1 saturated carbocycles. The fourth-order valence-corrected chi connectivity index (χ4v) is 0.960. The molecule has 0 saturated heterocycles. The molecule has 0 atom stereocenters. The molecule has 1 heterocycles. The van der Waals surface area contributed by atoms with Crippen molar-refractivity contribution in [2.75, 3.05) is 6.61 Å². The Kier molecular flexibility index (Phi) is 2.13. The standard InChI is InChI=1S/C8H9ClN2O/c9-7-3-11-8(4-10-7)12-5-6-1-2-6/h3-4,6H,1-2,5H2. The van der Waals surface area contributed by atoms with Crippen molar-refractivity contribution in [1.82, 2.24) is 9.97 Å². The fraction of sp³-hybridized carbons (Fsp3) is 0.500. The lowest BCUT2D eigenvalue weighted by Gasteiger charge is -2.01. The molecule has 1 fully saturated rings. The molecule has 0 amide bonds. The van der Waals surface area contributed by atoms with Crippen LogP contribution in [0.1, 0.15) is 12.8 Å². The van der Waals surface area contributed by atoms with Gasteiger partial charge >= 0.3 is 0 Å². The first-order chi connectivity index (χ1) is 5.84. The van der Waals surface area contributed by atoms with E-state index in [1.807, 2.05) is 0 Å². The van der Waals surface area contributed by atoms with Gasteiger partial charge in [0.05, 0.1) is 19.0 Å². The van der Waals surface area contributed by atoms with Crippen molar-refractivity contribution in [3.63, 3.8) is 0 Å². The molecular weight excluding hydrogens is 176 g/mol. The van der Waals surface area contributed by atoms with E-state index < -0.39 is 0 Å². The van der Waals surface area contributed by atoms with E-state index >= 15 is 0 Å². The van der Waals surface area contributed by atoms with E-state index in [1.54, 1.807) is 6.20 Å². The molecule has 0 aromatic carbocycles. The van der Waals surface area contributed by atoms with Gasteiger partial charge in [0, 0.05) is 0 Å². The van der Waals surface area contributed by atoms with Gasteiger partial charge in [-0.05, 0) is 18.8 Å². The SMILES string of the molecule is Clc1cnc(OCC2CC2)cn1. The molecule has 1 aliphatic rings. The highest BCUT2D eigenvalue weighted by molar-refractivity contribution is 6.29. The van der Waals surface area contributed by atoms with Crippen LogP contribution in [0.15, 0.2) is 12.4 Å². The minimum absolute atomic E-state index is 0.397. The summed E-state index contributed by atoms with van der Waals surface area (Å²) in [6, 6.07) is 0. The van der Waals surface area contributed by atoms with E-state index in [1.165, 1.54) is 19.0 Å².